The van der Waals surface area contributed by atoms with E-state index in [0.717, 1.165) is 5.56 Å². The van der Waals surface area contributed by atoms with E-state index in [0.29, 0.717) is 29.7 Å². The van der Waals surface area contributed by atoms with Crippen LogP contribution in [0.3, 0.4) is 0 Å². The van der Waals surface area contributed by atoms with Crippen LogP contribution in [0.1, 0.15) is 18.4 Å². The van der Waals surface area contributed by atoms with Crippen molar-refractivity contribution in [3.8, 4) is 28.0 Å². The highest BCUT2D eigenvalue weighted by Gasteiger charge is 2.31. The predicted molar refractivity (Wildman–Crippen MR) is 126 cm³/mol. The van der Waals surface area contributed by atoms with Crippen LogP contribution in [-0.2, 0) is 4.74 Å². The molecule has 2 unspecified atom stereocenters. The summed E-state index contributed by atoms with van der Waals surface area (Å²) in [5.74, 6) is -3.87. The van der Waals surface area contributed by atoms with E-state index in [-0.39, 0.29) is 17.7 Å². The molecule has 3 aromatic carbocycles. The molecule has 2 atom stereocenters. The normalized spacial score (nSPS) is 18.1. The molecule has 0 heterocycles. The maximum absolute atomic E-state index is 14.9. The third-order valence-electron chi connectivity index (χ3n) is 6.09. The van der Waals surface area contributed by atoms with Gasteiger partial charge in [-0.05, 0) is 41.7 Å². The fraction of sp³-hybridized carbons (Fsp3) is 0.214. The Kier molecular flexibility index (Phi) is 7.17. The lowest BCUT2D eigenvalue weighted by atomic mass is 9.92. The molecule has 0 saturated heterocycles. The molecule has 1 aliphatic rings. The maximum atomic E-state index is 14.9. The number of benzene rings is 3. The minimum atomic E-state index is -0.948. The van der Waals surface area contributed by atoms with E-state index in [4.69, 9.17) is 9.47 Å². The number of ether oxygens (including phenoxy) is 2. The molecule has 0 aliphatic heterocycles. The molecule has 0 aromatic heterocycles. The van der Waals surface area contributed by atoms with E-state index in [2.05, 4.69) is 6.58 Å². The van der Waals surface area contributed by atoms with Gasteiger partial charge in [-0.3, -0.25) is 0 Å². The van der Waals surface area contributed by atoms with E-state index in [1.165, 1.54) is 13.2 Å². The number of hydrogen-bond donors (Lipinski definition) is 0. The van der Waals surface area contributed by atoms with E-state index < -0.39 is 35.3 Å². The molecule has 0 spiro atoms. The monoisotopic (exact) mass is 468 g/mol. The molecule has 1 aliphatic carbocycles. The average molecular weight is 468 g/mol. The van der Waals surface area contributed by atoms with Crippen LogP contribution in [0.2, 0.25) is 0 Å². The van der Waals surface area contributed by atoms with Gasteiger partial charge in [0.1, 0.15) is 17.7 Å². The fourth-order valence-electron chi connectivity index (χ4n) is 4.05. The Morgan fingerprint density at radius 3 is 1.88 bits per heavy atom. The zero-order valence-corrected chi connectivity index (χ0v) is 18.7. The van der Waals surface area contributed by atoms with Crippen molar-refractivity contribution in [3.63, 3.8) is 0 Å². The minimum absolute atomic E-state index is 0.0304. The Bertz CT molecular complexity index is 1200. The molecule has 0 fully saturated rings. The van der Waals surface area contributed by atoms with Gasteiger partial charge in [0.2, 0.25) is 0 Å². The van der Waals surface area contributed by atoms with Gasteiger partial charge in [0.15, 0.2) is 17.5 Å². The molecule has 0 amide bonds. The molecule has 0 bridgehead atoms. The SMILES string of the molecule is C=Cc1ccc(-c2ccc(-c3ccc(OCC4CCC(OC)C(F)=C4F)cc3)c(F)c2F)cc1. The van der Waals surface area contributed by atoms with E-state index in [9.17, 15) is 17.6 Å². The molecular weight excluding hydrogens is 444 g/mol. The van der Waals surface area contributed by atoms with Crippen LogP contribution in [-0.4, -0.2) is 19.8 Å². The van der Waals surface area contributed by atoms with Crippen molar-refractivity contribution in [3.05, 3.63) is 96.1 Å². The van der Waals surface area contributed by atoms with E-state index >= 15 is 0 Å². The van der Waals surface area contributed by atoms with E-state index in [1.807, 2.05) is 0 Å². The van der Waals surface area contributed by atoms with Crippen LogP contribution in [0.4, 0.5) is 17.6 Å². The fourth-order valence-corrected chi connectivity index (χ4v) is 4.05. The van der Waals surface area contributed by atoms with Gasteiger partial charge in [0.25, 0.3) is 0 Å². The van der Waals surface area contributed by atoms with Gasteiger partial charge in [0.05, 0.1) is 6.61 Å². The lowest BCUT2D eigenvalue weighted by molar-refractivity contribution is 0.0755. The summed E-state index contributed by atoms with van der Waals surface area (Å²) in [5, 5.41) is 0. The zero-order chi connectivity index (χ0) is 24.2. The molecule has 176 valence electrons. The van der Waals surface area contributed by atoms with Crippen LogP contribution < -0.4 is 4.74 Å². The van der Waals surface area contributed by atoms with Crippen LogP contribution in [0.15, 0.2) is 78.9 Å². The van der Waals surface area contributed by atoms with Gasteiger partial charge in [-0.2, -0.15) is 0 Å². The van der Waals surface area contributed by atoms with Crippen LogP contribution >= 0.6 is 0 Å². The molecule has 2 nitrogen and oxygen atoms in total. The Morgan fingerprint density at radius 2 is 1.35 bits per heavy atom. The molecular formula is C28H24F4O2. The highest BCUT2D eigenvalue weighted by Crippen LogP contribution is 2.35. The van der Waals surface area contributed by atoms with Crippen molar-refractivity contribution in [1.29, 1.82) is 0 Å². The summed E-state index contributed by atoms with van der Waals surface area (Å²) >= 11 is 0. The lowest BCUT2D eigenvalue weighted by Crippen LogP contribution is -2.25. The molecule has 6 heteroatoms. The van der Waals surface area contributed by atoms with Crippen molar-refractivity contribution in [2.75, 3.05) is 13.7 Å². The highest BCUT2D eigenvalue weighted by molar-refractivity contribution is 5.72. The maximum Gasteiger partial charge on any atom is 0.167 e. The first-order valence-electron chi connectivity index (χ1n) is 10.9. The Labute approximate surface area is 196 Å². The number of methoxy groups -OCH3 is 1. The van der Waals surface area contributed by atoms with Gasteiger partial charge >= 0.3 is 0 Å². The van der Waals surface area contributed by atoms with Crippen molar-refractivity contribution < 1.29 is 27.0 Å². The Balaban J connectivity index is 1.48. The van der Waals surface area contributed by atoms with Gasteiger partial charge < -0.3 is 9.47 Å². The minimum Gasteiger partial charge on any atom is -0.493 e. The molecule has 3 aromatic rings. The molecule has 34 heavy (non-hydrogen) atoms. The summed E-state index contributed by atoms with van der Waals surface area (Å²) in [6.45, 7) is 3.65. The predicted octanol–water partition coefficient (Wildman–Crippen LogP) is 7.90. The molecule has 0 radical (unpaired) electrons. The van der Waals surface area contributed by atoms with Gasteiger partial charge in [-0.1, -0.05) is 61.2 Å². The number of hydrogen-bond acceptors (Lipinski definition) is 2. The lowest BCUT2D eigenvalue weighted by Gasteiger charge is -2.25. The summed E-state index contributed by atoms with van der Waals surface area (Å²) < 4.78 is 68.4. The summed E-state index contributed by atoms with van der Waals surface area (Å²) in [4.78, 5) is 0. The summed E-state index contributed by atoms with van der Waals surface area (Å²) in [6.07, 6.45) is 1.61. The summed E-state index contributed by atoms with van der Waals surface area (Å²) in [6, 6.07) is 16.4. The van der Waals surface area contributed by atoms with Gasteiger partial charge in [-0.25, -0.2) is 17.6 Å². The first-order valence-corrected chi connectivity index (χ1v) is 10.9. The van der Waals surface area contributed by atoms with Crippen LogP contribution in [0.5, 0.6) is 5.75 Å². The third kappa shape index (κ3) is 4.77. The van der Waals surface area contributed by atoms with Crippen molar-refractivity contribution >= 4 is 6.08 Å². The average Bonchev–Trinajstić information content (AvgIpc) is 2.87. The zero-order valence-electron chi connectivity index (χ0n) is 18.7. The van der Waals surface area contributed by atoms with Crippen LogP contribution in [0.25, 0.3) is 28.3 Å². The largest absolute Gasteiger partial charge is 0.493 e. The van der Waals surface area contributed by atoms with Crippen molar-refractivity contribution in [2.45, 2.75) is 18.9 Å². The molecule has 0 N–H and O–H groups in total. The number of rotatable bonds is 7. The Hall–Kier alpha value is -3.38. The van der Waals surface area contributed by atoms with Crippen LogP contribution in [0, 0.1) is 17.6 Å². The quantitative estimate of drug-likeness (QED) is 0.328. The van der Waals surface area contributed by atoms with Gasteiger partial charge in [-0.15, -0.1) is 0 Å². The van der Waals surface area contributed by atoms with Gasteiger partial charge in [0, 0.05) is 24.2 Å². The third-order valence-corrected chi connectivity index (χ3v) is 6.09. The van der Waals surface area contributed by atoms with E-state index in [1.54, 1.807) is 60.7 Å². The first kappa shape index (κ1) is 23.8. The van der Waals surface area contributed by atoms with Crippen molar-refractivity contribution in [1.82, 2.24) is 0 Å². The highest BCUT2D eigenvalue weighted by atomic mass is 19.2. The second-order valence-corrected chi connectivity index (χ2v) is 8.14. The number of halogens is 4. The smallest absolute Gasteiger partial charge is 0.167 e. The Morgan fingerprint density at radius 1 is 0.794 bits per heavy atom. The second kappa shape index (κ2) is 10.3. The summed E-state index contributed by atoms with van der Waals surface area (Å²) in [5.41, 5.74) is 2.20. The topological polar surface area (TPSA) is 18.5 Å². The first-order chi connectivity index (χ1) is 16.4. The molecule has 0 saturated carbocycles. The molecule has 4 rings (SSSR count). The second-order valence-electron chi connectivity index (χ2n) is 8.14. The standard InChI is InChI=1S/C28H24F4O2/c1-3-17-4-6-18(7-5-17)22-13-14-23(27(31)26(22)30)19-8-11-21(12-9-19)34-16-20-10-15-24(33-2)28(32)25(20)29/h3-9,11-14,20,24H,1,10,15-16H2,2H3. The summed E-state index contributed by atoms with van der Waals surface area (Å²) in [7, 11) is 1.35. The van der Waals surface area contributed by atoms with Crippen molar-refractivity contribution in [2.24, 2.45) is 5.92 Å².